The SMILES string of the molecule is N#Cc1cccc(CNC(=O)c2ccc(Br)cc2F)c1. The molecule has 2 aromatic carbocycles. The van der Waals surface area contributed by atoms with Crippen LogP contribution in [0.25, 0.3) is 0 Å². The fraction of sp³-hybridized carbons (Fsp3) is 0.0667. The molecule has 0 unspecified atom stereocenters. The average Bonchev–Trinajstić information content (AvgIpc) is 2.45. The van der Waals surface area contributed by atoms with Gasteiger partial charge in [0.15, 0.2) is 0 Å². The van der Waals surface area contributed by atoms with E-state index in [4.69, 9.17) is 5.26 Å². The zero-order chi connectivity index (χ0) is 14.5. The lowest BCUT2D eigenvalue weighted by molar-refractivity contribution is 0.0947. The standard InChI is InChI=1S/C15H10BrFN2O/c16-12-4-5-13(14(17)7-12)15(20)19-9-11-3-1-2-10(6-11)8-18/h1-7H,9H2,(H,19,20). The predicted molar refractivity (Wildman–Crippen MR) is 76.4 cm³/mol. The van der Waals surface area contributed by atoms with Crippen LogP contribution in [0.5, 0.6) is 0 Å². The fourth-order valence-electron chi connectivity index (χ4n) is 1.70. The molecule has 1 N–H and O–H groups in total. The third kappa shape index (κ3) is 3.43. The highest BCUT2D eigenvalue weighted by atomic mass is 79.9. The third-order valence-corrected chi connectivity index (χ3v) is 3.18. The molecular formula is C15H10BrFN2O. The highest BCUT2D eigenvalue weighted by molar-refractivity contribution is 9.10. The molecule has 0 aliphatic carbocycles. The third-order valence-electron chi connectivity index (χ3n) is 2.68. The molecule has 100 valence electrons. The second kappa shape index (κ2) is 6.31. The van der Waals surface area contributed by atoms with Crippen molar-refractivity contribution in [3.05, 3.63) is 69.4 Å². The molecule has 0 saturated heterocycles. The summed E-state index contributed by atoms with van der Waals surface area (Å²) in [7, 11) is 0. The Balaban J connectivity index is 2.07. The zero-order valence-corrected chi connectivity index (χ0v) is 11.9. The van der Waals surface area contributed by atoms with E-state index < -0.39 is 11.7 Å². The van der Waals surface area contributed by atoms with Crippen molar-refractivity contribution in [3.63, 3.8) is 0 Å². The molecule has 0 aliphatic rings. The van der Waals surface area contributed by atoms with Gasteiger partial charge in [-0.05, 0) is 35.9 Å². The van der Waals surface area contributed by atoms with Gasteiger partial charge in [0.2, 0.25) is 0 Å². The molecule has 2 rings (SSSR count). The highest BCUT2D eigenvalue weighted by Gasteiger charge is 2.11. The summed E-state index contributed by atoms with van der Waals surface area (Å²) in [6.07, 6.45) is 0. The van der Waals surface area contributed by atoms with Crippen LogP contribution in [-0.2, 0) is 6.54 Å². The predicted octanol–water partition coefficient (Wildman–Crippen LogP) is 3.39. The summed E-state index contributed by atoms with van der Waals surface area (Å²) in [5, 5.41) is 11.4. The molecule has 0 aliphatic heterocycles. The number of halogens is 2. The first kappa shape index (κ1) is 14.2. The Bertz CT molecular complexity index is 695. The molecule has 5 heteroatoms. The molecule has 0 spiro atoms. The van der Waals surface area contributed by atoms with E-state index in [1.807, 2.05) is 6.07 Å². The normalized spacial score (nSPS) is 9.85. The first-order valence-corrected chi connectivity index (χ1v) is 6.62. The zero-order valence-electron chi connectivity index (χ0n) is 10.4. The van der Waals surface area contributed by atoms with Crippen LogP contribution in [-0.4, -0.2) is 5.91 Å². The van der Waals surface area contributed by atoms with Crippen LogP contribution < -0.4 is 5.32 Å². The molecule has 20 heavy (non-hydrogen) atoms. The van der Waals surface area contributed by atoms with Gasteiger partial charge in [-0.1, -0.05) is 28.1 Å². The minimum atomic E-state index is -0.581. The summed E-state index contributed by atoms with van der Waals surface area (Å²) in [6.45, 7) is 0.240. The monoisotopic (exact) mass is 332 g/mol. The molecule has 2 aromatic rings. The van der Waals surface area contributed by atoms with E-state index in [1.54, 1.807) is 30.3 Å². The van der Waals surface area contributed by atoms with Gasteiger partial charge in [0.25, 0.3) is 5.91 Å². The van der Waals surface area contributed by atoms with E-state index in [0.29, 0.717) is 10.0 Å². The molecule has 0 heterocycles. The summed E-state index contributed by atoms with van der Waals surface area (Å²) >= 11 is 3.13. The average molecular weight is 333 g/mol. The number of nitriles is 1. The largest absolute Gasteiger partial charge is 0.348 e. The lowest BCUT2D eigenvalue weighted by atomic mass is 10.1. The van der Waals surface area contributed by atoms with Crippen molar-refractivity contribution in [2.75, 3.05) is 0 Å². The topological polar surface area (TPSA) is 52.9 Å². The lowest BCUT2D eigenvalue weighted by Gasteiger charge is -2.07. The summed E-state index contributed by atoms with van der Waals surface area (Å²) in [6, 6.07) is 13.2. The Hall–Kier alpha value is -2.19. The second-order valence-electron chi connectivity index (χ2n) is 4.12. The van der Waals surface area contributed by atoms with Crippen LogP contribution in [0.1, 0.15) is 21.5 Å². The van der Waals surface area contributed by atoms with Gasteiger partial charge in [-0.15, -0.1) is 0 Å². The van der Waals surface area contributed by atoms with Gasteiger partial charge >= 0.3 is 0 Å². The number of rotatable bonds is 3. The van der Waals surface area contributed by atoms with Gasteiger partial charge < -0.3 is 5.32 Å². The smallest absolute Gasteiger partial charge is 0.254 e. The van der Waals surface area contributed by atoms with Crippen molar-refractivity contribution in [2.24, 2.45) is 0 Å². The molecule has 1 amide bonds. The van der Waals surface area contributed by atoms with E-state index in [1.165, 1.54) is 12.1 Å². The van der Waals surface area contributed by atoms with Crippen LogP contribution in [0, 0.1) is 17.1 Å². The number of hydrogen-bond donors (Lipinski definition) is 1. The van der Waals surface area contributed by atoms with Crippen LogP contribution in [0.3, 0.4) is 0 Å². The number of carbonyl (C=O) groups excluding carboxylic acids is 1. The van der Waals surface area contributed by atoms with Gasteiger partial charge in [0.05, 0.1) is 17.2 Å². The van der Waals surface area contributed by atoms with Crippen LogP contribution in [0.4, 0.5) is 4.39 Å². The molecule has 0 radical (unpaired) electrons. The van der Waals surface area contributed by atoms with Gasteiger partial charge in [0, 0.05) is 11.0 Å². The van der Waals surface area contributed by atoms with Crippen molar-refractivity contribution in [3.8, 4) is 6.07 Å². The number of nitrogens with zero attached hydrogens (tertiary/aromatic N) is 1. The molecular weight excluding hydrogens is 323 g/mol. The minimum Gasteiger partial charge on any atom is -0.348 e. The van der Waals surface area contributed by atoms with Crippen LogP contribution >= 0.6 is 15.9 Å². The van der Waals surface area contributed by atoms with Gasteiger partial charge in [-0.2, -0.15) is 5.26 Å². The first-order chi connectivity index (χ1) is 9.60. The van der Waals surface area contributed by atoms with E-state index in [9.17, 15) is 9.18 Å². The highest BCUT2D eigenvalue weighted by Crippen LogP contribution is 2.15. The van der Waals surface area contributed by atoms with E-state index in [2.05, 4.69) is 21.2 Å². The molecule has 0 bridgehead atoms. The molecule has 0 atom stereocenters. The number of benzene rings is 2. The van der Waals surface area contributed by atoms with Crippen molar-refractivity contribution < 1.29 is 9.18 Å². The van der Waals surface area contributed by atoms with Crippen molar-refractivity contribution in [1.29, 1.82) is 5.26 Å². The maximum atomic E-state index is 13.6. The summed E-state index contributed by atoms with van der Waals surface area (Å²) in [4.78, 5) is 11.9. The summed E-state index contributed by atoms with van der Waals surface area (Å²) < 4.78 is 14.2. The van der Waals surface area contributed by atoms with Crippen molar-refractivity contribution in [2.45, 2.75) is 6.54 Å². The van der Waals surface area contributed by atoms with Crippen molar-refractivity contribution in [1.82, 2.24) is 5.32 Å². The fourth-order valence-corrected chi connectivity index (χ4v) is 2.04. The van der Waals surface area contributed by atoms with Crippen molar-refractivity contribution >= 4 is 21.8 Å². The molecule has 0 saturated carbocycles. The van der Waals surface area contributed by atoms with Gasteiger partial charge in [0.1, 0.15) is 5.82 Å². The quantitative estimate of drug-likeness (QED) is 0.936. The molecule has 3 nitrogen and oxygen atoms in total. The first-order valence-electron chi connectivity index (χ1n) is 5.82. The summed E-state index contributed by atoms with van der Waals surface area (Å²) in [5.41, 5.74) is 1.30. The van der Waals surface area contributed by atoms with E-state index >= 15 is 0 Å². The van der Waals surface area contributed by atoms with E-state index in [0.717, 1.165) is 5.56 Å². The Labute approximate surface area is 124 Å². The second-order valence-corrected chi connectivity index (χ2v) is 5.03. The van der Waals surface area contributed by atoms with Crippen LogP contribution in [0.2, 0.25) is 0 Å². The summed E-state index contributed by atoms with van der Waals surface area (Å²) in [5.74, 6) is -1.07. The van der Waals surface area contributed by atoms with E-state index in [-0.39, 0.29) is 12.1 Å². The number of amides is 1. The Kier molecular flexibility index (Phi) is 4.49. The molecule has 0 aromatic heterocycles. The van der Waals surface area contributed by atoms with Crippen LogP contribution in [0.15, 0.2) is 46.9 Å². The Morgan fingerprint density at radius 1 is 1.30 bits per heavy atom. The van der Waals surface area contributed by atoms with Gasteiger partial charge in [-0.3, -0.25) is 4.79 Å². The molecule has 0 fully saturated rings. The van der Waals surface area contributed by atoms with Gasteiger partial charge in [-0.25, -0.2) is 4.39 Å². The number of nitrogens with one attached hydrogen (secondary N) is 1. The Morgan fingerprint density at radius 2 is 2.10 bits per heavy atom. The number of carbonyl (C=O) groups is 1. The lowest BCUT2D eigenvalue weighted by Crippen LogP contribution is -2.23. The minimum absolute atomic E-state index is 0.00959. The Morgan fingerprint density at radius 3 is 2.80 bits per heavy atom. The maximum Gasteiger partial charge on any atom is 0.254 e. The number of hydrogen-bond acceptors (Lipinski definition) is 2. The maximum absolute atomic E-state index is 13.6.